The molecule has 0 saturated heterocycles. The summed E-state index contributed by atoms with van der Waals surface area (Å²) in [5.74, 6) is -0.280. The van der Waals surface area contributed by atoms with Crippen molar-refractivity contribution < 1.29 is 9.59 Å². The standard InChI is InChI=1S/C16H19N3O2S/c1-2-11-5-6-12(10-13(11)19-15(20)7-8-17)18-16(21)14-4-3-9-22-14/h3-6,9-10H,2,7-8,17H2,1H3,(H,18,21)(H,19,20). The minimum atomic E-state index is -0.154. The van der Waals surface area contributed by atoms with Crippen LogP contribution >= 0.6 is 11.3 Å². The smallest absolute Gasteiger partial charge is 0.265 e. The zero-order chi connectivity index (χ0) is 15.9. The normalized spacial score (nSPS) is 10.3. The Morgan fingerprint density at radius 2 is 2.05 bits per heavy atom. The Morgan fingerprint density at radius 3 is 2.68 bits per heavy atom. The van der Waals surface area contributed by atoms with Crippen LogP contribution < -0.4 is 16.4 Å². The van der Waals surface area contributed by atoms with Crippen LogP contribution in [-0.4, -0.2) is 18.4 Å². The zero-order valence-corrected chi connectivity index (χ0v) is 13.2. The van der Waals surface area contributed by atoms with Crippen LogP contribution in [-0.2, 0) is 11.2 Å². The van der Waals surface area contributed by atoms with E-state index in [9.17, 15) is 9.59 Å². The Kier molecular flexibility index (Phi) is 5.68. The Balaban J connectivity index is 2.15. The zero-order valence-electron chi connectivity index (χ0n) is 12.4. The van der Waals surface area contributed by atoms with Crippen molar-refractivity contribution >= 4 is 34.5 Å². The molecular formula is C16H19N3O2S. The number of nitrogens with two attached hydrogens (primary N) is 1. The third-order valence-corrected chi connectivity index (χ3v) is 4.01. The monoisotopic (exact) mass is 317 g/mol. The fourth-order valence-corrected chi connectivity index (χ4v) is 2.64. The summed E-state index contributed by atoms with van der Waals surface area (Å²) in [6.07, 6.45) is 1.06. The molecule has 0 spiro atoms. The second kappa shape index (κ2) is 7.72. The maximum Gasteiger partial charge on any atom is 0.265 e. The van der Waals surface area contributed by atoms with Crippen molar-refractivity contribution in [3.63, 3.8) is 0 Å². The van der Waals surface area contributed by atoms with Gasteiger partial charge in [0, 0.05) is 24.3 Å². The van der Waals surface area contributed by atoms with Gasteiger partial charge in [-0.25, -0.2) is 0 Å². The molecule has 22 heavy (non-hydrogen) atoms. The average Bonchev–Trinajstić information content (AvgIpc) is 3.02. The molecule has 116 valence electrons. The summed E-state index contributed by atoms with van der Waals surface area (Å²) in [5.41, 5.74) is 7.76. The molecule has 0 unspecified atom stereocenters. The first-order valence-corrected chi connectivity index (χ1v) is 7.99. The molecule has 0 saturated carbocycles. The van der Waals surface area contributed by atoms with Gasteiger partial charge in [-0.3, -0.25) is 9.59 Å². The molecule has 5 nitrogen and oxygen atoms in total. The van der Waals surface area contributed by atoms with Gasteiger partial charge in [0.15, 0.2) is 0 Å². The molecule has 4 N–H and O–H groups in total. The molecule has 1 heterocycles. The molecule has 2 aromatic rings. The SMILES string of the molecule is CCc1ccc(NC(=O)c2cccs2)cc1NC(=O)CCN. The molecule has 1 aromatic heterocycles. The van der Waals surface area contributed by atoms with Crippen LogP contribution in [0.5, 0.6) is 0 Å². The minimum absolute atomic E-state index is 0.126. The number of benzene rings is 1. The molecule has 0 bridgehead atoms. The van der Waals surface area contributed by atoms with Gasteiger partial charge in [-0.15, -0.1) is 11.3 Å². The van der Waals surface area contributed by atoms with Gasteiger partial charge in [0.2, 0.25) is 5.91 Å². The van der Waals surface area contributed by atoms with Crippen molar-refractivity contribution in [1.29, 1.82) is 0 Å². The van der Waals surface area contributed by atoms with Crippen molar-refractivity contribution in [3.8, 4) is 0 Å². The number of carbonyl (C=O) groups excluding carboxylic acids is 2. The number of rotatable bonds is 6. The number of anilines is 2. The van der Waals surface area contributed by atoms with Crippen molar-refractivity contribution in [1.82, 2.24) is 0 Å². The molecule has 2 rings (SSSR count). The molecule has 0 aliphatic heterocycles. The van der Waals surface area contributed by atoms with Gasteiger partial charge < -0.3 is 16.4 Å². The Labute approximate surface area is 133 Å². The van der Waals surface area contributed by atoms with Crippen LogP contribution in [0.4, 0.5) is 11.4 Å². The molecule has 0 fully saturated rings. The number of nitrogens with one attached hydrogen (secondary N) is 2. The van der Waals surface area contributed by atoms with E-state index in [1.54, 1.807) is 12.1 Å². The highest BCUT2D eigenvalue weighted by atomic mass is 32.1. The summed E-state index contributed by atoms with van der Waals surface area (Å²) in [7, 11) is 0. The minimum Gasteiger partial charge on any atom is -0.330 e. The van der Waals surface area contributed by atoms with Gasteiger partial charge in [-0.05, 0) is 35.6 Å². The number of carbonyl (C=O) groups is 2. The third-order valence-electron chi connectivity index (χ3n) is 3.14. The molecule has 0 radical (unpaired) electrons. The van der Waals surface area contributed by atoms with Gasteiger partial charge in [-0.1, -0.05) is 19.1 Å². The van der Waals surface area contributed by atoms with E-state index in [0.717, 1.165) is 12.0 Å². The number of hydrogen-bond donors (Lipinski definition) is 3. The first kappa shape index (κ1) is 16.2. The second-order valence-electron chi connectivity index (χ2n) is 4.74. The van der Waals surface area contributed by atoms with Crippen LogP contribution in [0.2, 0.25) is 0 Å². The summed E-state index contributed by atoms with van der Waals surface area (Å²) < 4.78 is 0. The van der Waals surface area contributed by atoms with Crippen LogP contribution in [0.15, 0.2) is 35.7 Å². The Bertz CT molecular complexity index is 653. The number of hydrogen-bond acceptors (Lipinski definition) is 4. The summed E-state index contributed by atoms with van der Waals surface area (Å²) in [6.45, 7) is 2.32. The van der Waals surface area contributed by atoms with E-state index < -0.39 is 0 Å². The van der Waals surface area contributed by atoms with Gasteiger partial charge >= 0.3 is 0 Å². The first-order valence-electron chi connectivity index (χ1n) is 7.11. The lowest BCUT2D eigenvalue weighted by Gasteiger charge is -2.12. The molecule has 0 aliphatic rings. The maximum absolute atomic E-state index is 12.1. The lowest BCUT2D eigenvalue weighted by atomic mass is 10.1. The number of amides is 2. The fourth-order valence-electron chi connectivity index (χ4n) is 2.02. The van der Waals surface area contributed by atoms with Crippen molar-refractivity contribution in [2.75, 3.05) is 17.2 Å². The highest BCUT2D eigenvalue weighted by Crippen LogP contribution is 2.23. The summed E-state index contributed by atoms with van der Waals surface area (Å²) >= 11 is 1.38. The van der Waals surface area contributed by atoms with E-state index in [1.165, 1.54) is 11.3 Å². The third kappa shape index (κ3) is 4.16. The van der Waals surface area contributed by atoms with E-state index in [4.69, 9.17) is 5.73 Å². The van der Waals surface area contributed by atoms with Crippen molar-refractivity contribution in [3.05, 3.63) is 46.2 Å². The van der Waals surface area contributed by atoms with Crippen molar-refractivity contribution in [2.24, 2.45) is 5.73 Å². The molecular weight excluding hydrogens is 298 g/mol. The first-order chi connectivity index (χ1) is 10.6. The van der Waals surface area contributed by atoms with Crippen LogP contribution in [0.25, 0.3) is 0 Å². The van der Waals surface area contributed by atoms with Gasteiger partial charge in [0.1, 0.15) is 0 Å². The molecule has 0 aliphatic carbocycles. The van der Waals surface area contributed by atoms with Crippen LogP contribution in [0, 0.1) is 0 Å². The van der Waals surface area contributed by atoms with E-state index >= 15 is 0 Å². The summed E-state index contributed by atoms with van der Waals surface area (Å²) in [6, 6.07) is 9.12. The fraction of sp³-hybridized carbons (Fsp3) is 0.250. The van der Waals surface area contributed by atoms with Crippen LogP contribution in [0.3, 0.4) is 0 Å². The van der Waals surface area contributed by atoms with E-state index in [-0.39, 0.29) is 18.2 Å². The van der Waals surface area contributed by atoms with Gasteiger partial charge in [0.25, 0.3) is 5.91 Å². The quantitative estimate of drug-likeness (QED) is 0.766. The topological polar surface area (TPSA) is 84.2 Å². The predicted octanol–water partition coefficient (Wildman–Crippen LogP) is 2.85. The lowest BCUT2D eigenvalue weighted by molar-refractivity contribution is -0.116. The number of aryl methyl sites for hydroxylation is 1. The maximum atomic E-state index is 12.1. The van der Waals surface area contributed by atoms with Crippen molar-refractivity contribution in [2.45, 2.75) is 19.8 Å². The molecule has 2 amide bonds. The predicted molar refractivity (Wildman–Crippen MR) is 90.4 cm³/mol. The second-order valence-corrected chi connectivity index (χ2v) is 5.69. The molecule has 0 atom stereocenters. The van der Waals surface area contributed by atoms with Gasteiger partial charge in [-0.2, -0.15) is 0 Å². The number of thiophene rings is 1. The highest BCUT2D eigenvalue weighted by molar-refractivity contribution is 7.12. The summed E-state index contributed by atoms with van der Waals surface area (Å²) in [5, 5.41) is 7.53. The van der Waals surface area contributed by atoms with Crippen LogP contribution in [0.1, 0.15) is 28.6 Å². The average molecular weight is 317 g/mol. The highest BCUT2D eigenvalue weighted by Gasteiger charge is 2.10. The largest absolute Gasteiger partial charge is 0.330 e. The lowest BCUT2D eigenvalue weighted by Crippen LogP contribution is -2.17. The molecule has 1 aromatic carbocycles. The molecule has 6 heteroatoms. The van der Waals surface area contributed by atoms with E-state index in [0.29, 0.717) is 22.8 Å². The summed E-state index contributed by atoms with van der Waals surface area (Å²) in [4.78, 5) is 24.4. The van der Waals surface area contributed by atoms with E-state index in [2.05, 4.69) is 10.6 Å². The Morgan fingerprint density at radius 1 is 1.23 bits per heavy atom. The van der Waals surface area contributed by atoms with E-state index in [1.807, 2.05) is 30.5 Å². The Hall–Kier alpha value is -2.18. The van der Waals surface area contributed by atoms with Gasteiger partial charge in [0.05, 0.1) is 4.88 Å².